The lowest BCUT2D eigenvalue weighted by atomic mass is 10.0. The molecule has 1 aliphatic heterocycles. The molecule has 0 fully saturated rings. The molecule has 0 saturated carbocycles. The van der Waals surface area contributed by atoms with Crippen molar-refractivity contribution >= 4 is 48.4 Å². The van der Waals surface area contributed by atoms with Gasteiger partial charge in [-0.15, -0.1) is 0 Å². The van der Waals surface area contributed by atoms with Crippen LogP contribution >= 0.6 is 22.3 Å². The summed E-state index contributed by atoms with van der Waals surface area (Å²) in [6.07, 6.45) is 1.53. The summed E-state index contributed by atoms with van der Waals surface area (Å²) in [4.78, 5) is 12.1. The lowest BCUT2D eigenvalue weighted by Gasteiger charge is -2.32. The zero-order valence-electron chi connectivity index (χ0n) is 12.3. The molecule has 126 valence electrons. The first-order valence-corrected chi connectivity index (χ1v) is 9.76. The van der Waals surface area contributed by atoms with Crippen LogP contribution in [0.3, 0.4) is 0 Å². The van der Waals surface area contributed by atoms with Crippen molar-refractivity contribution in [3.05, 3.63) is 57.1 Å². The maximum absolute atomic E-state index is 12.0. The number of nitrogens with zero attached hydrogens (tertiary/aromatic N) is 2. The minimum atomic E-state index is -4.19. The average Bonchev–Trinajstić information content (AvgIpc) is 2.52. The number of rotatable bonds is 3. The van der Waals surface area contributed by atoms with Crippen LogP contribution in [0, 0.1) is 10.1 Å². The van der Waals surface area contributed by atoms with E-state index in [1.165, 1.54) is 12.1 Å². The van der Waals surface area contributed by atoms with Gasteiger partial charge in [0.05, 0.1) is 4.92 Å². The molecule has 0 aliphatic carbocycles. The van der Waals surface area contributed by atoms with Gasteiger partial charge in [-0.05, 0) is 36.6 Å². The second kappa shape index (κ2) is 6.23. The molecule has 2 aromatic rings. The van der Waals surface area contributed by atoms with Crippen LogP contribution < -0.4 is 4.90 Å². The van der Waals surface area contributed by atoms with Crippen LogP contribution in [0.4, 0.5) is 17.1 Å². The van der Waals surface area contributed by atoms with E-state index in [1.54, 1.807) is 17.0 Å². The zero-order chi connectivity index (χ0) is 17.5. The number of nitro groups is 1. The summed E-state index contributed by atoms with van der Waals surface area (Å²) in [6.45, 7) is 0.428. The van der Waals surface area contributed by atoms with Gasteiger partial charge in [-0.25, -0.2) is 8.42 Å². The van der Waals surface area contributed by atoms with Gasteiger partial charge in [-0.3, -0.25) is 10.1 Å². The van der Waals surface area contributed by atoms with Crippen LogP contribution in [-0.2, 0) is 15.5 Å². The molecule has 9 heteroatoms. The standard InChI is InChI=1S/C15H12Cl2N2O4S/c16-11-7-8-13(24(17,22)23)15(14(11)19(20)21)18-9-3-5-10-4-1-2-6-12(10)18/h1-2,4,6-8H,3,5,9H2. The molecule has 0 spiro atoms. The Morgan fingerprint density at radius 1 is 1.17 bits per heavy atom. The Labute approximate surface area is 148 Å². The third-order valence-corrected chi connectivity index (χ3v) is 5.55. The summed E-state index contributed by atoms with van der Waals surface area (Å²) in [7, 11) is 1.33. The Morgan fingerprint density at radius 3 is 2.54 bits per heavy atom. The van der Waals surface area contributed by atoms with E-state index in [1.807, 2.05) is 12.1 Å². The lowest BCUT2D eigenvalue weighted by molar-refractivity contribution is -0.384. The highest BCUT2D eigenvalue weighted by atomic mass is 35.7. The molecular weight excluding hydrogens is 375 g/mol. The van der Waals surface area contributed by atoms with Crippen LogP contribution in [0.25, 0.3) is 0 Å². The van der Waals surface area contributed by atoms with Crippen molar-refractivity contribution in [2.75, 3.05) is 11.4 Å². The Hall–Kier alpha value is -1.83. The number of nitro benzene ring substituents is 1. The van der Waals surface area contributed by atoms with Gasteiger partial charge >= 0.3 is 5.69 Å². The van der Waals surface area contributed by atoms with Crippen LogP contribution in [-0.4, -0.2) is 19.9 Å². The van der Waals surface area contributed by atoms with E-state index < -0.39 is 19.7 Å². The minimum absolute atomic E-state index is 0.0883. The molecule has 1 heterocycles. The topological polar surface area (TPSA) is 80.5 Å². The van der Waals surface area contributed by atoms with E-state index >= 15 is 0 Å². The second-order valence-corrected chi connectivity index (χ2v) is 8.26. The quantitative estimate of drug-likeness (QED) is 0.447. The Balaban J connectivity index is 2.35. The molecule has 6 nitrogen and oxygen atoms in total. The van der Waals surface area contributed by atoms with Gasteiger partial charge in [0.25, 0.3) is 9.05 Å². The van der Waals surface area contributed by atoms with Crippen molar-refractivity contribution in [3.8, 4) is 0 Å². The molecule has 24 heavy (non-hydrogen) atoms. The highest BCUT2D eigenvalue weighted by Gasteiger charge is 2.33. The molecule has 0 unspecified atom stereocenters. The molecule has 0 aromatic heterocycles. The summed E-state index contributed by atoms with van der Waals surface area (Å²) in [5.74, 6) is 0. The highest BCUT2D eigenvalue weighted by molar-refractivity contribution is 8.13. The number of aryl methyl sites for hydroxylation is 1. The van der Waals surface area contributed by atoms with Crippen molar-refractivity contribution in [2.45, 2.75) is 17.7 Å². The predicted molar refractivity (Wildman–Crippen MR) is 92.9 cm³/mol. The molecule has 0 atom stereocenters. The zero-order valence-corrected chi connectivity index (χ0v) is 14.6. The van der Waals surface area contributed by atoms with Crippen molar-refractivity contribution in [3.63, 3.8) is 0 Å². The SMILES string of the molecule is O=[N+]([O-])c1c(Cl)ccc(S(=O)(=O)Cl)c1N1CCCc2ccccc21. The van der Waals surface area contributed by atoms with E-state index in [2.05, 4.69) is 0 Å². The van der Waals surface area contributed by atoms with Crippen molar-refractivity contribution in [2.24, 2.45) is 0 Å². The molecule has 0 N–H and O–H groups in total. The van der Waals surface area contributed by atoms with Gasteiger partial charge in [-0.1, -0.05) is 29.8 Å². The van der Waals surface area contributed by atoms with Gasteiger partial charge in [0.2, 0.25) is 0 Å². The molecule has 0 amide bonds. The number of hydrogen-bond donors (Lipinski definition) is 0. The minimum Gasteiger partial charge on any atom is -0.334 e. The molecule has 0 saturated heterocycles. The first-order chi connectivity index (χ1) is 11.3. The van der Waals surface area contributed by atoms with Gasteiger partial charge in [0, 0.05) is 22.9 Å². The summed E-state index contributed by atoms with van der Waals surface area (Å²) < 4.78 is 23.9. The van der Waals surface area contributed by atoms with Crippen LogP contribution in [0.2, 0.25) is 5.02 Å². The molecule has 3 rings (SSSR count). The van der Waals surface area contributed by atoms with E-state index in [0.29, 0.717) is 6.54 Å². The van der Waals surface area contributed by atoms with E-state index in [-0.39, 0.29) is 15.6 Å². The monoisotopic (exact) mass is 386 g/mol. The van der Waals surface area contributed by atoms with Gasteiger partial charge in [0.1, 0.15) is 15.6 Å². The van der Waals surface area contributed by atoms with E-state index in [4.69, 9.17) is 22.3 Å². The third kappa shape index (κ3) is 2.94. The van der Waals surface area contributed by atoms with Crippen molar-refractivity contribution in [1.82, 2.24) is 0 Å². The van der Waals surface area contributed by atoms with E-state index in [9.17, 15) is 18.5 Å². The number of hydrogen-bond acceptors (Lipinski definition) is 5. The van der Waals surface area contributed by atoms with Crippen LogP contribution in [0.1, 0.15) is 12.0 Å². The molecule has 1 aliphatic rings. The van der Waals surface area contributed by atoms with E-state index in [0.717, 1.165) is 24.1 Å². The number of para-hydroxylation sites is 1. The largest absolute Gasteiger partial charge is 0.334 e. The number of halogens is 2. The van der Waals surface area contributed by atoms with Crippen LogP contribution in [0.15, 0.2) is 41.3 Å². The fourth-order valence-corrected chi connectivity index (χ4v) is 4.20. The van der Waals surface area contributed by atoms with Gasteiger partial charge < -0.3 is 4.90 Å². The Bertz CT molecular complexity index is 931. The van der Waals surface area contributed by atoms with Crippen LogP contribution in [0.5, 0.6) is 0 Å². The van der Waals surface area contributed by atoms with Crippen molar-refractivity contribution < 1.29 is 13.3 Å². The number of fused-ring (bicyclic) bond motifs is 1. The number of anilines is 2. The predicted octanol–water partition coefficient (Wildman–Crippen LogP) is 4.26. The summed E-state index contributed by atoms with van der Waals surface area (Å²) in [6, 6.07) is 9.74. The molecular formula is C15H12Cl2N2O4S. The average molecular weight is 387 g/mol. The first-order valence-electron chi connectivity index (χ1n) is 7.07. The summed E-state index contributed by atoms with van der Waals surface area (Å²) in [5.41, 5.74) is 1.15. The Kier molecular flexibility index (Phi) is 4.42. The highest BCUT2D eigenvalue weighted by Crippen LogP contribution is 2.46. The first kappa shape index (κ1) is 17.0. The molecule has 0 bridgehead atoms. The number of benzene rings is 2. The lowest BCUT2D eigenvalue weighted by Crippen LogP contribution is -2.26. The van der Waals surface area contributed by atoms with Gasteiger partial charge in [0.15, 0.2) is 0 Å². The van der Waals surface area contributed by atoms with Gasteiger partial charge in [-0.2, -0.15) is 0 Å². The van der Waals surface area contributed by atoms with Crippen molar-refractivity contribution in [1.29, 1.82) is 0 Å². The second-order valence-electron chi connectivity index (χ2n) is 5.32. The fourth-order valence-electron chi connectivity index (χ4n) is 2.93. The molecule has 2 aromatic carbocycles. The smallest absolute Gasteiger partial charge is 0.312 e. The third-order valence-electron chi connectivity index (χ3n) is 3.89. The maximum Gasteiger partial charge on any atom is 0.312 e. The normalized spacial score (nSPS) is 14.3. The maximum atomic E-state index is 12.0. The Morgan fingerprint density at radius 2 is 1.88 bits per heavy atom. The molecule has 0 radical (unpaired) electrons. The summed E-state index contributed by atoms with van der Waals surface area (Å²) >= 11 is 5.99. The fraction of sp³-hybridized carbons (Fsp3) is 0.200. The summed E-state index contributed by atoms with van der Waals surface area (Å²) in [5, 5.41) is 11.4.